The van der Waals surface area contributed by atoms with Crippen molar-refractivity contribution >= 4 is 50.6 Å². The van der Waals surface area contributed by atoms with Gasteiger partial charge in [0, 0.05) is 28.6 Å². The number of halogens is 1. The molecule has 1 N–H and O–H groups in total. The van der Waals surface area contributed by atoms with Crippen LogP contribution in [-0.4, -0.2) is 45.9 Å². The number of anilines is 1. The van der Waals surface area contributed by atoms with Crippen molar-refractivity contribution in [2.24, 2.45) is 0 Å². The maximum Gasteiger partial charge on any atom is 0.245 e. The fourth-order valence-electron chi connectivity index (χ4n) is 3.09. The quantitative estimate of drug-likeness (QED) is 0.693. The minimum atomic E-state index is -3.74. The number of rotatable bonds is 7. The molecule has 2 heterocycles. The van der Waals surface area contributed by atoms with Crippen molar-refractivity contribution in [2.75, 3.05) is 25.5 Å². The summed E-state index contributed by atoms with van der Waals surface area (Å²) in [5.74, 6) is -0.241. The zero-order valence-electron chi connectivity index (χ0n) is 16.5. The number of nitrogens with one attached hydrogen (secondary N) is 1. The number of amides is 1. The summed E-state index contributed by atoms with van der Waals surface area (Å²) in [6.45, 7) is 2.58. The number of carbonyl (C=O) groups excluding carboxylic acids is 1. The molecule has 1 saturated heterocycles. The number of hydrogen-bond donors (Lipinski definition) is 1. The van der Waals surface area contributed by atoms with Crippen molar-refractivity contribution in [1.29, 1.82) is 0 Å². The highest BCUT2D eigenvalue weighted by atomic mass is 35.5. The predicted molar refractivity (Wildman–Crippen MR) is 120 cm³/mol. The fourth-order valence-corrected chi connectivity index (χ4v) is 5.16. The standard InChI is InChI=1S/C20H24ClN3O3S2/c1-14(23(2)3)15-4-6-16(7-5-15)24-12-10-18(20(24)25)22-29(26,27)13-11-17-8-9-19(21)28-17/h4-9,11,13-14,18,22H,10,12H2,1-3H3/b13-11+/t14-,18-/m0/s1. The van der Waals surface area contributed by atoms with Gasteiger partial charge in [0.1, 0.15) is 6.04 Å². The molecule has 0 saturated carbocycles. The first-order valence-corrected chi connectivity index (χ1v) is 11.9. The van der Waals surface area contributed by atoms with Crippen molar-refractivity contribution in [1.82, 2.24) is 9.62 Å². The Labute approximate surface area is 180 Å². The van der Waals surface area contributed by atoms with Gasteiger partial charge in [0.15, 0.2) is 0 Å². The number of thiophene rings is 1. The average molecular weight is 454 g/mol. The van der Waals surface area contributed by atoms with Crippen molar-refractivity contribution in [3.8, 4) is 0 Å². The number of hydrogen-bond acceptors (Lipinski definition) is 5. The molecule has 1 aromatic carbocycles. The second-order valence-electron chi connectivity index (χ2n) is 7.17. The molecule has 9 heteroatoms. The van der Waals surface area contributed by atoms with Crippen molar-refractivity contribution in [3.05, 3.63) is 56.6 Å². The lowest BCUT2D eigenvalue weighted by atomic mass is 10.1. The van der Waals surface area contributed by atoms with Gasteiger partial charge in [-0.15, -0.1) is 11.3 Å². The van der Waals surface area contributed by atoms with Gasteiger partial charge in [-0.1, -0.05) is 23.7 Å². The summed E-state index contributed by atoms with van der Waals surface area (Å²) >= 11 is 7.13. The van der Waals surface area contributed by atoms with Gasteiger partial charge in [0.25, 0.3) is 0 Å². The fraction of sp³-hybridized carbons (Fsp3) is 0.350. The van der Waals surface area contributed by atoms with Crippen LogP contribution in [0.3, 0.4) is 0 Å². The molecule has 1 aromatic heterocycles. The largest absolute Gasteiger partial charge is 0.311 e. The number of benzene rings is 1. The molecule has 6 nitrogen and oxygen atoms in total. The summed E-state index contributed by atoms with van der Waals surface area (Å²) in [5.41, 5.74) is 1.93. The van der Waals surface area contributed by atoms with Gasteiger partial charge in [-0.05, 0) is 63.3 Å². The molecule has 0 aliphatic carbocycles. The van der Waals surface area contributed by atoms with Gasteiger partial charge in [-0.25, -0.2) is 8.42 Å². The summed E-state index contributed by atoms with van der Waals surface area (Å²) in [6, 6.07) is 10.8. The van der Waals surface area contributed by atoms with Crippen molar-refractivity contribution in [3.63, 3.8) is 0 Å². The highest BCUT2D eigenvalue weighted by Gasteiger charge is 2.34. The van der Waals surface area contributed by atoms with Crippen LogP contribution in [0.5, 0.6) is 0 Å². The predicted octanol–water partition coefficient (Wildman–Crippen LogP) is 3.72. The molecule has 1 aliphatic rings. The monoisotopic (exact) mass is 453 g/mol. The van der Waals surface area contributed by atoms with Gasteiger partial charge in [0.2, 0.25) is 15.9 Å². The molecule has 0 radical (unpaired) electrons. The molecule has 29 heavy (non-hydrogen) atoms. The van der Waals surface area contributed by atoms with Gasteiger partial charge in [-0.3, -0.25) is 4.79 Å². The van der Waals surface area contributed by atoms with Crippen LogP contribution in [0.4, 0.5) is 5.69 Å². The van der Waals surface area contributed by atoms with E-state index >= 15 is 0 Å². The maximum absolute atomic E-state index is 12.7. The Kier molecular flexibility index (Phi) is 6.80. The minimum absolute atomic E-state index is 0.241. The lowest BCUT2D eigenvalue weighted by Gasteiger charge is -2.22. The summed E-state index contributed by atoms with van der Waals surface area (Å²) in [5, 5.41) is 1.07. The lowest BCUT2D eigenvalue weighted by molar-refractivity contribution is -0.118. The second-order valence-corrected chi connectivity index (χ2v) is 10.5. The SMILES string of the molecule is C[C@@H](c1ccc(N2CC[C@H](NS(=O)(=O)/C=C/c3ccc(Cl)s3)C2=O)cc1)N(C)C. The third kappa shape index (κ3) is 5.46. The lowest BCUT2D eigenvalue weighted by Crippen LogP contribution is -2.40. The second kappa shape index (κ2) is 8.97. The van der Waals surface area contributed by atoms with E-state index in [0.29, 0.717) is 17.3 Å². The van der Waals surface area contributed by atoms with Crippen LogP contribution in [0.25, 0.3) is 6.08 Å². The Morgan fingerprint density at radius 3 is 2.52 bits per heavy atom. The van der Waals surface area contributed by atoms with E-state index in [4.69, 9.17) is 11.6 Å². The molecular weight excluding hydrogens is 430 g/mol. The summed E-state index contributed by atoms with van der Waals surface area (Å²) in [7, 11) is 0.289. The number of carbonyl (C=O) groups is 1. The van der Waals surface area contributed by atoms with Gasteiger partial charge in [-0.2, -0.15) is 4.72 Å². The van der Waals surface area contributed by atoms with E-state index in [0.717, 1.165) is 21.5 Å². The van der Waals surface area contributed by atoms with Crippen LogP contribution in [0, 0.1) is 0 Å². The molecule has 156 valence electrons. The van der Waals surface area contributed by atoms with E-state index < -0.39 is 16.1 Å². The van der Waals surface area contributed by atoms with E-state index in [1.807, 2.05) is 38.4 Å². The van der Waals surface area contributed by atoms with Crippen LogP contribution in [-0.2, 0) is 14.8 Å². The van der Waals surface area contributed by atoms with Crippen LogP contribution >= 0.6 is 22.9 Å². The highest BCUT2D eigenvalue weighted by molar-refractivity contribution is 7.92. The Bertz CT molecular complexity index is 1000. The molecule has 1 fully saturated rings. The first-order chi connectivity index (χ1) is 13.7. The number of sulfonamides is 1. The molecule has 1 aliphatic heterocycles. The summed E-state index contributed by atoms with van der Waals surface area (Å²) < 4.78 is 27.7. The summed E-state index contributed by atoms with van der Waals surface area (Å²) in [4.78, 5) is 17.2. The third-order valence-electron chi connectivity index (χ3n) is 4.98. The van der Waals surface area contributed by atoms with Crippen molar-refractivity contribution < 1.29 is 13.2 Å². The smallest absolute Gasteiger partial charge is 0.245 e. The van der Waals surface area contributed by atoms with Gasteiger partial charge >= 0.3 is 0 Å². The Balaban J connectivity index is 1.65. The molecule has 2 aromatic rings. The zero-order chi connectivity index (χ0) is 21.2. The van der Waals surface area contributed by atoms with Gasteiger partial charge < -0.3 is 9.80 Å². The van der Waals surface area contributed by atoms with E-state index in [2.05, 4.69) is 16.5 Å². The molecule has 0 spiro atoms. The normalized spacial score (nSPS) is 18.9. The maximum atomic E-state index is 12.7. The highest BCUT2D eigenvalue weighted by Crippen LogP contribution is 2.26. The topological polar surface area (TPSA) is 69.7 Å². The first kappa shape index (κ1) is 22.0. The Hall–Kier alpha value is -1.71. The molecule has 3 rings (SSSR count). The van der Waals surface area contributed by atoms with Crippen molar-refractivity contribution in [2.45, 2.75) is 25.4 Å². The average Bonchev–Trinajstić information content (AvgIpc) is 3.25. The zero-order valence-corrected chi connectivity index (χ0v) is 18.9. The van der Waals surface area contributed by atoms with Crippen LogP contribution in [0.2, 0.25) is 4.34 Å². The van der Waals surface area contributed by atoms with E-state index in [9.17, 15) is 13.2 Å². The minimum Gasteiger partial charge on any atom is -0.311 e. The Morgan fingerprint density at radius 2 is 1.93 bits per heavy atom. The van der Waals surface area contributed by atoms with E-state index in [1.54, 1.807) is 17.0 Å². The summed E-state index contributed by atoms with van der Waals surface area (Å²) in [6.07, 6.45) is 1.90. The molecular formula is C20H24ClN3O3S2. The number of nitrogens with zero attached hydrogens (tertiary/aromatic N) is 2. The molecule has 0 bridgehead atoms. The van der Waals surface area contributed by atoms with Crippen LogP contribution in [0.1, 0.15) is 29.8 Å². The molecule has 0 unspecified atom stereocenters. The van der Waals surface area contributed by atoms with Crippen LogP contribution in [0.15, 0.2) is 41.8 Å². The van der Waals surface area contributed by atoms with Crippen LogP contribution < -0.4 is 9.62 Å². The third-order valence-corrected chi connectivity index (χ3v) is 7.28. The molecule has 1 amide bonds. The van der Waals surface area contributed by atoms with Gasteiger partial charge in [0.05, 0.1) is 4.34 Å². The first-order valence-electron chi connectivity index (χ1n) is 9.20. The Morgan fingerprint density at radius 1 is 1.24 bits per heavy atom. The molecule has 2 atom stereocenters. The van der Waals surface area contributed by atoms with E-state index in [-0.39, 0.29) is 11.9 Å². The van der Waals surface area contributed by atoms with E-state index in [1.165, 1.54) is 17.4 Å².